The second-order valence-corrected chi connectivity index (χ2v) is 4.87. The number of aromatic nitrogens is 1. The molecule has 2 unspecified atom stereocenters. The van der Waals surface area contributed by atoms with Crippen LogP contribution < -0.4 is 10.6 Å². The van der Waals surface area contributed by atoms with E-state index < -0.39 is 6.10 Å². The van der Waals surface area contributed by atoms with Gasteiger partial charge in [-0.1, -0.05) is 0 Å². The summed E-state index contributed by atoms with van der Waals surface area (Å²) in [5, 5.41) is 8.36. The van der Waals surface area contributed by atoms with Gasteiger partial charge in [-0.15, -0.1) is 11.3 Å². The Morgan fingerprint density at radius 1 is 1.61 bits per heavy atom. The van der Waals surface area contributed by atoms with Gasteiger partial charge in [0.05, 0.1) is 25.5 Å². The monoisotopic (exact) mass is 271 g/mol. The second kappa shape index (κ2) is 6.24. The summed E-state index contributed by atoms with van der Waals surface area (Å²) in [5.41, 5.74) is 0.915. The van der Waals surface area contributed by atoms with Crippen LogP contribution in [-0.2, 0) is 14.3 Å². The lowest BCUT2D eigenvalue weighted by Gasteiger charge is -2.21. The molecule has 2 atom stereocenters. The van der Waals surface area contributed by atoms with Crippen molar-refractivity contribution in [1.82, 2.24) is 10.3 Å². The summed E-state index contributed by atoms with van der Waals surface area (Å²) in [5.74, 6) is -0.201. The van der Waals surface area contributed by atoms with Crippen molar-refractivity contribution in [3.63, 3.8) is 0 Å². The number of nitrogens with zero attached hydrogens (tertiary/aromatic N) is 1. The number of carbonyl (C=O) groups is 1. The molecular formula is C11H17N3O3S. The standard InChI is InChI=1S/C11H17N3O3S/c1-7(12-2)8-6-18-11(13-8)14-10(15)9-5-16-3-4-17-9/h6-7,9,12H,3-5H2,1-2H3,(H,13,14,15). The van der Waals surface area contributed by atoms with Gasteiger partial charge in [-0.2, -0.15) is 0 Å². The molecule has 0 aliphatic carbocycles. The topological polar surface area (TPSA) is 72.5 Å². The molecule has 1 aliphatic rings. The highest BCUT2D eigenvalue weighted by atomic mass is 32.1. The summed E-state index contributed by atoms with van der Waals surface area (Å²) in [7, 11) is 1.87. The zero-order valence-corrected chi connectivity index (χ0v) is 11.3. The van der Waals surface area contributed by atoms with Gasteiger partial charge in [-0.3, -0.25) is 10.1 Å². The third-order valence-electron chi connectivity index (χ3n) is 2.74. The molecule has 0 radical (unpaired) electrons. The predicted octanol–water partition coefficient (Wildman–Crippen LogP) is 0.777. The van der Waals surface area contributed by atoms with E-state index in [2.05, 4.69) is 15.6 Å². The Bertz CT molecular complexity index is 404. The van der Waals surface area contributed by atoms with Crippen LogP contribution in [0.5, 0.6) is 0 Å². The number of hydrogen-bond acceptors (Lipinski definition) is 6. The molecule has 18 heavy (non-hydrogen) atoms. The largest absolute Gasteiger partial charge is 0.376 e. The molecule has 1 amide bonds. The highest BCUT2D eigenvalue weighted by Crippen LogP contribution is 2.20. The van der Waals surface area contributed by atoms with Crippen molar-refractivity contribution in [1.29, 1.82) is 0 Å². The molecule has 2 rings (SSSR count). The summed E-state index contributed by atoms with van der Waals surface area (Å²) in [6.45, 7) is 3.32. The van der Waals surface area contributed by atoms with Crippen LogP contribution in [-0.4, -0.2) is 43.9 Å². The van der Waals surface area contributed by atoms with Crippen LogP contribution in [0.3, 0.4) is 0 Å². The Labute approximate surface area is 110 Å². The van der Waals surface area contributed by atoms with Gasteiger partial charge in [0, 0.05) is 11.4 Å². The van der Waals surface area contributed by atoms with E-state index in [1.54, 1.807) is 0 Å². The van der Waals surface area contributed by atoms with Crippen LogP contribution in [0.15, 0.2) is 5.38 Å². The number of rotatable bonds is 4. The normalized spacial score (nSPS) is 21.6. The van der Waals surface area contributed by atoms with Gasteiger partial charge in [0.15, 0.2) is 11.2 Å². The Balaban J connectivity index is 1.92. The molecule has 2 heterocycles. The summed E-state index contributed by atoms with van der Waals surface area (Å²) in [4.78, 5) is 16.2. The first kappa shape index (κ1) is 13.4. The van der Waals surface area contributed by atoms with E-state index in [9.17, 15) is 4.79 Å². The van der Waals surface area contributed by atoms with Gasteiger partial charge in [-0.05, 0) is 14.0 Å². The van der Waals surface area contributed by atoms with Crippen LogP contribution in [0.25, 0.3) is 0 Å². The Hall–Kier alpha value is -1.02. The lowest BCUT2D eigenvalue weighted by atomic mass is 10.3. The molecule has 0 aromatic carbocycles. The maximum absolute atomic E-state index is 11.9. The minimum atomic E-state index is -0.534. The molecular weight excluding hydrogens is 254 g/mol. The van der Waals surface area contributed by atoms with Gasteiger partial charge in [0.25, 0.3) is 5.91 Å². The summed E-state index contributed by atoms with van der Waals surface area (Å²) >= 11 is 1.41. The van der Waals surface area contributed by atoms with Crippen molar-refractivity contribution in [3.8, 4) is 0 Å². The average molecular weight is 271 g/mol. The number of carbonyl (C=O) groups excluding carboxylic acids is 1. The highest BCUT2D eigenvalue weighted by molar-refractivity contribution is 7.13. The molecule has 1 aliphatic heterocycles. The van der Waals surface area contributed by atoms with Gasteiger partial charge < -0.3 is 14.8 Å². The molecule has 1 fully saturated rings. The first-order chi connectivity index (χ1) is 8.70. The maximum atomic E-state index is 11.9. The van der Waals surface area contributed by atoms with E-state index in [0.29, 0.717) is 25.0 Å². The van der Waals surface area contributed by atoms with Crippen LogP contribution in [0, 0.1) is 0 Å². The number of anilines is 1. The third-order valence-corrected chi connectivity index (χ3v) is 3.51. The summed E-state index contributed by atoms with van der Waals surface area (Å²) < 4.78 is 10.5. The van der Waals surface area contributed by atoms with E-state index >= 15 is 0 Å². The number of hydrogen-bond donors (Lipinski definition) is 2. The molecule has 2 N–H and O–H groups in total. The smallest absolute Gasteiger partial charge is 0.257 e. The highest BCUT2D eigenvalue weighted by Gasteiger charge is 2.23. The lowest BCUT2D eigenvalue weighted by molar-refractivity contribution is -0.142. The zero-order chi connectivity index (χ0) is 13.0. The van der Waals surface area contributed by atoms with E-state index in [0.717, 1.165) is 5.69 Å². The van der Waals surface area contributed by atoms with Crippen molar-refractivity contribution in [2.24, 2.45) is 0 Å². The fourth-order valence-electron chi connectivity index (χ4n) is 1.52. The first-order valence-electron chi connectivity index (χ1n) is 5.83. The molecule has 1 saturated heterocycles. The average Bonchev–Trinajstić information content (AvgIpc) is 2.87. The van der Waals surface area contributed by atoms with E-state index in [1.807, 2.05) is 19.4 Å². The van der Waals surface area contributed by atoms with E-state index in [-0.39, 0.29) is 11.9 Å². The molecule has 7 heteroatoms. The van der Waals surface area contributed by atoms with Crippen molar-refractivity contribution in [3.05, 3.63) is 11.1 Å². The van der Waals surface area contributed by atoms with Crippen LogP contribution in [0.1, 0.15) is 18.7 Å². The van der Waals surface area contributed by atoms with Crippen molar-refractivity contribution >= 4 is 22.4 Å². The Morgan fingerprint density at radius 3 is 3.11 bits per heavy atom. The molecule has 0 bridgehead atoms. The fourth-order valence-corrected chi connectivity index (χ4v) is 2.32. The molecule has 100 valence electrons. The Morgan fingerprint density at radius 2 is 2.44 bits per heavy atom. The maximum Gasteiger partial charge on any atom is 0.257 e. The number of ether oxygens (including phenoxy) is 2. The molecule has 0 spiro atoms. The van der Waals surface area contributed by atoms with Gasteiger partial charge in [0.2, 0.25) is 0 Å². The third kappa shape index (κ3) is 3.26. The first-order valence-corrected chi connectivity index (χ1v) is 6.71. The van der Waals surface area contributed by atoms with Crippen LogP contribution in [0.4, 0.5) is 5.13 Å². The Kier molecular flexibility index (Phi) is 4.65. The summed E-state index contributed by atoms with van der Waals surface area (Å²) in [6.07, 6.45) is -0.534. The van der Waals surface area contributed by atoms with Gasteiger partial charge in [-0.25, -0.2) is 4.98 Å². The molecule has 6 nitrogen and oxygen atoms in total. The zero-order valence-electron chi connectivity index (χ0n) is 10.4. The second-order valence-electron chi connectivity index (χ2n) is 4.01. The van der Waals surface area contributed by atoms with Crippen LogP contribution >= 0.6 is 11.3 Å². The fraction of sp³-hybridized carbons (Fsp3) is 0.636. The quantitative estimate of drug-likeness (QED) is 0.846. The van der Waals surface area contributed by atoms with E-state index in [1.165, 1.54) is 11.3 Å². The number of amides is 1. The SMILES string of the molecule is CNC(C)c1csc(NC(=O)C2COCCO2)n1. The van der Waals surface area contributed by atoms with Gasteiger partial charge >= 0.3 is 0 Å². The van der Waals surface area contributed by atoms with Gasteiger partial charge in [0.1, 0.15) is 0 Å². The van der Waals surface area contributed by atoms with Crippen molar-refractivity contribution < 1.29 is 14.3 Å². The minimum absolute atomic E-state index is 0.168. The predicted molar refractivity (Wildman–Crippen MR) is 68.8 cm³/mol. The molecule has 0 saturated carbocycles. The van der Waals surface area contributed by atoms with E-state index in [4.69, 9.17) is 9.47 Å². The van der Waals surface area contributed by atoms with Crippen LogP contribution in [0.2, 0.25) is 0 Å². The summed E-state index contributed by atoms with van der Waals surface area (Å²) in [6, 6.07) is 0.168. The minimum Gasteiger partial charge on any atom is -0.376 e. The number of nitrogens with one attached hydrogen (secondary N) is 2. The lowest BCUT2D eigenvalue weighted by Crippen LogP contribution is -2.39. The van der Waals surface area contributed by atoms with Crippen molar-refractivity contribution in [2.75, 3.05) is 32.2 Å². The van der Waals surface area contributed by atoms with Crippen molar-refractivity contribution in [2.45, 2.75) is 19.1 Å². The molecule has 1 aromatic heterocycles. The molecule has 1 aromatic rings. The number of thiazole rings is 1.